The van der Waals surface area contributed by atoms with Gasteiger partial charge in [-0.1, -0.05) is 28.1 Å². The van der Waals surface area contributed by atoms with Gasteiger partial charge in [0.2, 0.25) is 0 Å². The lowest BCUT2D eigenvalue weighted by atomic mass is 10.1. The summed E-state index contributed by atoms with van der Waals surface area (Å²) in [5, 5.41) is 3.41. The van der Waals surface area contributed by atoms with Gasteiger partial charge in [-0.15, -0.1) is 0 Å². The SMILES string of the molecule is CCN(CC)c1ccc(C=C2NC(=S)N(c3ccc(Br)cc3)C2=O)cc1. The Hall–Kier alpha value is -2.18. The molecule has 2 aromatic carbocycles. The molecule has 1 N–H and O–H groups in total. The summed E-state index contributed by atoms with van der Waals surface area (Å²) in [7, 11) is 0. The number of nitrogens with one attached hydrogen (secondary N) is 1. The molecule has 0 radical (unpaired) electrons. The molecule has 1 aliphatic rings. The molecule has 4 nitrogen and oxygen atoms in total. The third-order valence-corrected chi connectivity index (χ3v) is 5.11. The number of amides is 1. The first-order valence-electron chi connectivity index (χ1n) is 8.51. The van der Waals surface area contributed by atoms with Crippen molar-refractivity contribution in [3.63, 3.8) is 0 Å². The maximum Gasteiger partial charge on any atom is 0.281 e. The van der Waals surface area contributed by atoms with Crippen LogP contribution in [0.25, 0.3) is 6.08 Å². The molecule has 0 spiro atoms. The highest BCUT2D eigenvalue weighted by atomic mass is 79.9. The average Bonchev–Trinajstić information content (AvgIpc) is 2.92. The van der Waals surface area contributed by atoms with Crippen molar-refractivity contribution < 1.29 is 4.79 Å². The van der Waals surface area contributed by atoms with Crippen molar-refractivity contribution in [2.24, 2.45) is 0 Å². The highest BCUT2D eigenvalue weighted by molar-refractivity contribution is 9.10. The number of rotatable bonds is 5. The van der Waals surface area contributed by atoms with Crippen LogP contribution in [0.3, 0.4) is 0 Å². The monoisotopic (exact) mass is 429 g/mol. The number of hydrogen-bond donors (Lipinski definition) is 1. The Labute approximate surface area is 167 Å². The molecule has 1 saturated heterocycles. The van der Waals surface area contributed by atoms with Gasteiger partial charge in [-0.05, 0) is 74.1 Å². The standard InChI is InChI=1S/C20H20BrN3OS/c1-3-23(4-2)16-9-5-14(6-10-16)13-18-19(25)24(20(26)22-18)17-11-7-15(21)8-12-17/h5-13H,3-4H2,1-2H3,(H,22,26). The molecular weight excluding hydrogens is 410 g/mol. The number of halogens is 1. The summed E-state index contributed by atoms with van der Waals surface area (Å²) in [6.07, 6.45) is 1.83. The topological polar surface area (TPSA) is 35.6 Å². The van der Waals surface area contributed by atoms with Gasteiger partial charge >= 0.3 is 0 Å². The highest BCUT2D eigenvalue weighted by Crippen LogP contribution is 2.24. The zero-order valence-corrected chi connectivity index (χ0v) is 17.1. The molecule has 1 fully saturated rings. The van der Waals surface area contributed by atoms with Crippen LogP contribution in [0.4, 0.5) is 11.4 Å². The van der Waals surface area contributed by atoms with E-state index < -0.39 is 0 Å². The second-order valence-corrected chi connectivity index (χ2v) is 7.17. The van der Waals surface area contributed by atoms with Crippen LogP contribution >= 0.6 is 28.1 Å². The van der Waals surface area contributed by atoms with Gasteiger partial charge in [0.05, 0.1) is 5.69 Å². The van der Waals surface area contributed by atoms with E-state index in [9.17, 15) is 4.79 Å². The Kier molecular flexibility index (Phi) is 5.74. The molecule has 134 valence electrons. The zero-order valence-electron chi connectivity index (χ0n) is 14.7. The minimum Gasteiger partial charge on any atom is -0.372 e. The number of hydrogen-bond acceptors (Lipinski definition) is 3. The van der Waals surface area contributed by atoms with Crippen LogP contribution in [-0.4, -0.2) is 24.1 Å². The third-order valence-electron chi connectivity index (χ3n) is 4.30. The fourth-order valence-electron chi connectivity index (χ4n) is 2.90. The van der Waals surface area contributed by atoms with Crippen LogP contribution in [-0.2, 0) is 4.79 Å². The normalized spacial score (nSPS) is 15.5. The Morgan fingerprint density at radius 1 is 1.08 bits per heavy atom. The molecule has 1 heterocycles. The first-order valence-corrected chi connectivity index (χ1v) is 9.71. The largest absolute Gasteiger partial charge is 0.372 e. The van der Waals surface area contributed by atoms with Crippen LogP contribution in [0.15, 0.2) is 58.7 Å². The number of anilines is 2. The molecule has 3 rings (SSSR count). The van der Waals surface area contributed by atoms with Gasteiger partial charge in [0.1, 0.15) is 5.70 Å². The first-order chi connectivity index (χ1) is 12.5. The minimum absolute atomic E-state index is 0.148. The smallest absolute Gasteiger partial charge is 0.281 e. The van der Waals surface area contributed by atoms with Crippen molar-refractivity contribution in [3.05, 3.63) is 64.3 Å². The third kappa shape index (κ3) is 3.81. The highest BCUT2D eigenvalue weighted by Gasteiger charge is 2.31. The quantitative estimate of drug-likeness (QED) is 0.558. The fraction of sp³-hybridized carbons (Fsp3) is 0.200. The molecule has 0 saturated carbocycles. The van der Waals surface area contributed by atoms with E-state index >= 15 is 0 Å². The van der Waals surface area contributed by atoms with Crippen molar-refractivity contribution >= 4 is 56.6 Å². The molecule has 0 aromatic heterocycles. The van der Waals surface area contributed by atoms with E-state index in [4.69, 9.17) is 12.2 Å². The van der Waals surface area contributed by atoms with E-state index in [2.05, 4.69) is 52.1 Å². The molecule has 6 heteroatoms. The first kappa shape index (κ1) is 18.6. The molecule has 1 amide bonds. The van der Waals surface area contributed by atoms with E-state index in [1.165, 1.54) is 10.6 Å². The predicted molar refractivity (Wildman–Crippen MR) is 115 cm³/mol. The summed E-state index contributed by atoms with van der Waals surface area (Å²) in [6.45, 7) is 6.21. The van der Waals surface area contributed by atoms with Gasteiger partial charge in [-0.25, -0.2) is 0 Å². The van der Waals surface area contributed by atoms with Crippen molar-refractivity contribution in [2.45, 2.75) is 13.8 Å². The number of benzene rings is 2. The van der Waals surface area contributed by atoms with Gasteiger partial charge in [-0.2, -0.15) is 0 Å². The summed E-state index contributed by atoms with van der Waals surface area (Å²) >= 11 is 8.75. The van der Waals surface area contributed by atoms with Gasteiger partial charge in [0.15, 0.2) is 5.11 Å². The van der Waals surface area contributed by atoms with E-state index in [0.717, 1.165) is 28.8 Å². The summed E-state index contributed by atoms with van der Waals surface area (Å²) < 4.78 is 0.954. The fourth-order valence-corrected chi connectivity index (χ4v) is 3.46. The second kappa shape index (κ2) is 8.01. The van der Waals surface area contributed by atoms with Gasteiger partial charge in [0.25, 0.3) is 5.91 Å². The molecule has 2 aromatic rings. The van der Waals surface area contributed by atoms with Crippen LogP contribution in [0.2, 0.25) is 0 Å². The Balaban J connectivity index is 1.82. The van der Waals surface area contributed by atoms with Gasteiger partial charge in [-0.3, -0.25) is 9.69 Å². The summed E-state index contributed by atoms with van der Waals surface area (Å²) in [5.41, 5.74) is 3.36. The number of nitrogens with zero attached hydrogens (tertiary/aromatic N) is 2. The van der Waals surface area contributed by atoms with Gasteiger partial charge < -0.3 is 10.2 Å². The second-order valence-electron chi connectivity index (χ2n) is 5.87. The van der Waals surface area contributed by atoms with Crippen LogP contribution in [0.5, 0.6) is 0 Å². The molecule has 0 bridgehead atoms. The van der Waals surface area contributed by atoms with E-state index in [1.807, 2.05) is 42.5 Å². The minimum atomic E-state index is -0.148. The lowest BCUT2D eigenvalue weighted by molar-refractivity contribution is -0.113. The van der Waals surface area contributed by atoms with Crippen LogP contribution < -0.4 is 15.1 Å². The van der Waals surface area contributed by atoms with Crippen molar-refractivity contribution in [1.29, 1.82) is 0 Å². The maximum atomic E-state index is 12.8. The van der Waals surface area contributed by atoms with E-state index in [-0.39, 0.29) is 5.91 Å². The molecule has 26 heavy (non-hydrogen) atoms. The van der Waals surface area contributed by atoms with Crippen molar-refractivity contribution in [2.75, 3.05) is 22.9 Å². The Morgan fingerprint density at radius 2 is 1.69 bits per heavy atom. The number of carbonyl (C=O) groups is 1. The molecule has 1 aliphatic heterocycles. The zero-order chi connectivity index (χ0) is 18.7. The summed E-state index contributed by atoms with van der Waals surface area (Å²) in [5.74, 6) is -0.148. The lowest BCUT2D eigenvalue weighted by Gasteiger charge is -2.20. The van der Waals surface area contributed by atoms with Crippen molar-refractivity contribution in [1.82, 2.24) is 5.32 Å². The molecule has 0 aliphatic carbocycles. The summed E-state index contributed by atoms with van der Waals surface area (Å²) in [4.78, 5) is 16.6. The maximum absolute atomic E-state index is 12.8. The average molecular weight is 430 g/mol. The van der Waals surface area contributed by atoms with Gasteiger partial charge in [0, 0.05) is 23.2 Å². The molecule has 0 unspecified atom stereocenters. The lowest BCUT2D eigenvalue weighted by Crippen LogP contribution is -2.30. The Bertz CT molecular complexity index is 842. The summed E-state index contributed by atoms with van der Waals surface area (Å²) in [6, 6.07) is 15.7. The molecule has 0 atom stereocenters. The van der Waals surface area contributed by atoms with E-state index in [0.29, 0.717) is 10.8 Å². The predicted octanol–water partition coefficient (Wildman–Crippen LogP) is 4.56. The Morgan fingerprint density at radius 3 is 2.27 bits per heavy atom. The molecular formula is C20H20BrN3OS. The van der Waals surface area contributed by atoms with Crippen LogP contribution in [0, 0.1) is 0 Å². The van der Waals surface area contributed by atoms with Crippen LogP contribution in [0.1, 0.15) is 19.4 Å². The number of thiocarbonyl (C=S) groups is 1. The number of carbonyl (C=O) groups excluding carboxylic acids is 1. The van der Waals surface area contributed by atoms with E-state index in [1.54, 1.807) is 0 Å². The van der Waals surface area contributed by atoms with Crippen molar-refractivity contribution in [3.8, 4) is 0 Å².